The van der Waals surface area contributed by atoms with Gasteiger partial charge < -0.3 is 25.6 Å². The minimum Gasteiger partial charge on any atom is -0.390 e. The van der Waals surface area contributed by atoms with Gasteiger partial charge in [0.15, 0.2) is 0 Å². The van der Waals surface area contributed by atoms with E-state index in [9.17, 15) is 19.4 Å². The maximum absolute atomic E-state index is 12.9. The monoisotopic (exact) mass is 454 g/mol. The zero-order chi connectivity index (χ0) is 21.6. The molecule has 29 heavy (non-hydrogen) atoms. The number of carbonyl (C=O) groups excluding carboxylic acids is 1. The Balaban J connectivity index is 2.01. The van der Waals surface area contributed by atoms with Crippen molar-refractivity contribution >= 4 is 29.3 Å². The van der Waals surface area contributed by atoms with Gasteiger partial charge in [-0.1, -0.05) is 6.92 Å². The van der Waals surface area contributed by atoms with E-state index < -0.39 is 29.7 Å². The molecule has 1 amide bonds. The summed E-state index contributed by atoms with van der Waals surface area (Å²) in [6.07, 6.45) is 2.91. The van der Waals surface area contributed by atoms with Gasteiger partial charge in [0.2, 0.25) is 5.91 Å². The highest BCUT2D eigenvalue weighted by atomic mass is 35.5. The second-order valence-corrected chi connectivity index (χ2v) is 9.95. The first kappa shape index (κ1) is 25.1. The van der Waals surface area contributed by atoms with Gasteiger partial charge >= 0.3 is 0 Å². The SMILES string of the molecule is CS[C@H]1O[C@H]([C@H](NC(=O)[C@@H]2CC[C@H](CCCF)CCN2)[C@H](C)Cl)[C@H](O)[C@H](O)[C@H]1C. The quantitative estimate of drug-likeness (QED) is 0.420. The van der Waals surface area contributed by atoms with Crippen molar-refractivity contribution in [2.75, 3.05) is 19.5 Å². The summed E-state index contributed by atoms with van der Waals surface area (Å²) in [6.45, 7) is 3.99. The molecule has 0 aromatic carbocycles. The van der Waals surface area contributed by atoms with Gasteiger partial charge in [-0.05, 0) is 57.7 Å². The molecule has 9 heteroatoms. The smallest absolute Gasteiger partial charge is 0.237 e. The minimum atomic E-state index is -1.13. The maximum Gasteiger partial charge on any atom is 0.237 e. The topological polar surface area (TPSA) is 90.8 Å². The van der Waals surface area contributed by atoms with E-state index in [-0.39, 0.29) is 30.0 Å². The first-order valence-electron chi connectivity index (χ1n) is 10.6. The van der Waals surface area contributed by atoms with Crippen LogP contribution in [-0.2, 0) is 9.53 Å². The van der Waals surface area contributed by atoms with Crippen LogP contribution in [0.25, 0.3) is 0 Å². The number of halogens is 2. The Labute approximate surface area is 182 Å². The molecule has 0 radical (unpaired) electrons. The molecule has 4 N–H and O–H groups in total. The highest BCUT2D eigenvalue weighted by molar-refractivity contribution is 7.99. The van der Waals surface area contributed by atoms with Gasteiger partial charge in [0.1, 0.15) is 17.6 Å². The molecule has 0 bridgehead atoms. The fourth-order valence-corrected chi connectivity index (χ4v) is 5.34. The fourth-order valence-electron chi connectivity index (χ4n) is 4.30. The van der Waals surface area contributed by atoms with Gasteiger partial charge in [0.05, 0.1) is 30.2 Å². The summed E-state index contributed by atoms with van der Waals surface area (Å²) in [7, 11) is 0. The Morgan fingerprint density at radius 1 is 1.34 bits per heavy atom. The Bertz CT molecular complexity index is 517. The van der Waals surface area contributed by atoms with Crippen LogP contribution < -0.4 is 10.6 Å². The number of rotatable bonds is 8. The first-order valence-corrected chi connectivity index (χ1v) is 12.3. The van der Waals surface area contributed by atoms with E-state index in [2.05, 4.69) is 10.6 Å². The number of alkyl halides is 2. The molecule has 2 heterocycles. The molecule has 0 spiro atoms. The van der Waals surface area contributed by atoms with Crippen molar-refractivity contribution in [1.29, 1.82) is 0 Å². The lowest BCUT2D eigenvalue weighted by atomic mass is 9.89. The molecule has 0 unspecified atom stereocenters. The van der Waals surface area contributed by atoms with Gasteiger partial charge in [-0.3, -0.25) is 9.18 Å². The van der Waals surface area contributed by atoms with Crippen LogP contribution in [0.3, 0.4) is 0 Å². The van der Waals surface area contributed by atoms with Crippen LogP contribution in [0.4, 0.5) is 4.39 Å². The summed E-state index contributed by atoms with van der Waals surface area (Å²) in [5, 5.41) is 26.8. The second kappa shape index (κ2) is 12.1. The van der Waals surface area contributed by atoms with E-state index >= 15 is 0 Å². The van der Waals surface area contributed by atoms with Crippen molar-refractivity contribution in [2.45, 2.75) is 87.2 Å². The summed E-state index contributed by atoms with van der Waals surface area (Å²) < 4.78 is 18.5. The number of hydrogen-bond acceptors (Lipinski definition) is 6. The molecule has 2 saturated heterocycles. The van der Waals surface area contributed by atoms with Crippen molar-refractivity contribution in [1.82, 2.24) is 10.6 Å². The van der Waals surface area contributed by atoms with Crippen molar-refractivity contribution in [3.05, 3.63) is 0 Å². The largest absolute Gasteiger partial charge is 0.390 e. The highest BCUT2D eigenvalue weighted by Gasteiger charge is 2.46. The highest BCUT2D eigenvalue weighted by Crippen LogP contribution is 2.34. The van der Waals surface area contributed by atoms with Crippen molar-refractivity contribution in [3.63, 3.8) is 0 Å². The number of aliphatic hydroxyl groups is 2. The van der Waals surface area contributed by atoms with Crippen molar-refractivity contribution in [3.8, 4) is 0 Å². The summed E-state index contributed by atoms with van der Waals surface area (Å²) in [5.41, 5.74) is -0.291. The Kier molecular flexibility index (Phi) is 10.5. The van der Waals surface area contributed by atoms with Crippen molar-refractivity contribution in [2.24, 2.45) is 11.8 Å². The lowest BCUT2D eigenvalue weighted by molar-refractivity contribution is -0.181. The number of carbonyl (C=O) groups is 1. The number of ether oxygens (including phenoxy) is 1. The second-order valence-electron chi connectivity index (χ2n) is 8.33. The van der Waals surface area contributed by atoms with Crippen LogP contribution in [0.1, 0.15) is 46.0 Å². The predicted molar refractivity (Wildman–Crippen MR) is 115 cm³/mol. The maximum atomic E-state index is 12.9. The van der Waals surface area contributed by atoms with Gasteiger partial charge in [-0.25, -0.2) is 0 Å². The number of nitrogens with one attached hydrogen (secondary N) is 2. The lowest BCUT2D eigenvalue weighted by Gasteiger charge is -2.44. The molecule has 0 saturated carbocycles. The molecule has 170 valence electrons. The minimum absolute atomic E-state index is 0.182. The molecule has 0 aromatic heterocycles. The van der Waals surface area contributed by atoms with E-state index in [0.717, 1.165) is 19.3 Å². The molecular weight excluding hydrogens is 419 g/mol. The third kappa shape index (κ3) is 6.68. The van der Waals surface area contributed by atoms with Crippen molar-refractivity contribution < 1.29 is 24.1 Å². The third-order valence-corrected chi connectivity index (χ3v) is 7.48. The van der Waals surface area contributed by atoms with E-state index in [0.29, 0.717) is 25.3 Å². The predicted octanol–water partition coefficient (Wildman–Crippen LogP) is 2.05. The molecule has 2 aliphatic rings. The molecule has 9 atom stereocenters. The van der Waals surface area contributed by atoms with Crippen LogP contribution in [0.2, 0.25) is 0 Å². The van der Waals surface area contributed by atoms with Crippen LogP contribution >= 0.6 is 23.4 Å². The summed E-state index contributed by atoms with van der Waals surface area (Å²) in [4.78, 5) is 12.9. The van der Waals surface area contributed by atoms with Gasteiger partial charge in [-0.2, -0.15) is 0 Å². The fraction of sp³-hybridized carbons (Fsp3) is 0.950. The van der Waals surface area contributed by atoms with Crippen LogP contribution in [0.5, 0.6) is 0 Å². The summed E-state index contributed by atoms with van der Waals surface area (Å²) in [5.74, 6) is 0.0162. The van der Waals surface area contributed by atoms with Gasteiger partial charge in [-0.15, -0.1) is 23.4 Å². The number of aliphatic hydroxyl groups excluding tert-OH is 2. The van der Waals surface area contributed by atoms with Gasteiger partial charge in [0.25, 0.3) is 0 Å². The third-order valence-electron chi connectivity index (χ3n) is 6.21. The first-order chi connectivity index (χ1) is 13.8. The number of hydrogen-bond donors (Lipinski definition) is 4. The average molecular weight is 455 g/mol. The van der Waals surface area contributed by atoms with Crippen LogP contribution in [0.15, 0.2) is 0 Å². The number of amides is 1. The molecule has 0 aromatic rings. The molecule has 2 aliphatic heterocycles. The van der Waals surface area contributed by atoms with E-state index in [1.165, 1.54) is 11.8 Å². The lowest BCUT2D eigenvalue weighted by Crippen LogP contribution is -2.63. The normalized spacial score (nSPS) is 38.1. The van der Waals surface area contributed by atoms with Gasteiger partial charge in [0, 0.05) is 5.92 Å². The molecule has 2 fully saturated rings. The Hall–Kier alpha value is -0.120. The summed E-state index contributed by atoms with van der Waals surface area (Å²) in [6, 6.07) is -0.993. The van der Waals surface area contributed by atoms with E-state index in [1.807, 2.05) is 13.2 Å². The molecule has 2 rings (SSSR count). The van der Waals surface area contributed by atoms with E-state index in [1.54, 1.807) is 6.92 Å². The zero-order valence-corrected chi connectivity index (χ0v) is 19.1. The summed E-state index contributed by atoms with van der Waals surface area (Å²) >= 11 is 7.82. The Morgan fingerprint density at radius 3 is 2.69 bits per heavy atom. The molecule has 0 aliphatic carbocycles. The average Bonchev–Trinajstić information content (AvgIpc) is 2.95. The standard InChI is InChI=1S/C20H36ClFN2O4S/c1-11-16(25)17(26)18(28-20(11)29-3)15(12(2)21)24-19(27)14-7-6-13(5-4-9-22)8-10-23-14/h11-18,20,23,25-26H,4-10H2,1-3H3,(H,24,27)/t11-,12+,13+,14+,15-,16-,17-,18-,20-/m1/s1. The van der Waals surface area contributed by atoms with Crippen LogP contribution in [0, 0.1) is 11.8 Å². The zero-order valence-electron chi connectivity index (χ0n) is 17.5. The molecule has 6 nitrogen and oxygen atoms in total. The van der Waals surface area contributed by atoms with Crippen LogP contribution in [-0.4, -0.2) is 76.8 Å². The Morgan fingerprint density at radius 2 is 2.07 bits per heavy atom. The number of thioether (sulfide) groups is 1. The molecular formula is C20H36ClFN2O4S. The van der Waals surface area contributed by atoms with E-state index in [4.69, 9.17) is 16.3 Å².